The molecule has 1 aromatic carbocycles. The standard InChI is InChI=1S/C34H37F2NO5S/c1-19(38)42-17-30(41)33-18-37(16-23-10-20-6-4-5-7-28(20)43-23)15-21(33)11-24-25-13-27(35)26-12-22(39)8-9-31(26,2)34(25,36)29(40)14-32(24,33)3/h4-10,12,21,24-25,27,29,40H,11,13-18H2,1-3H3/t21-,24-,25-,27-,29-,31-,32-,33+,34-/m0/s1. The minimum atomic E-state index is -2.20. The second kappa shape index (κ2) is 9.62. The van der Waals surface area contributed by atoms with Gasteiger partial charge in [0.2, 0.25) is 0 Å². The molecule has 43 heavy (non-hydrogen) atoms. The lowest BCUT2D eigenvalue weighted by atomic mass is 9.43. The molecular weight excluding hydrogens is 572 g/mol. The minimum absolute atomic E-state index is 0.0192. The zero-order valence-corrected chi connectivity index (χ0v) is 25.5. The first-order valence-electron chi connectivity index (χ1n) is 15.2. The number of thiophene rings is 1. The predicted molar refractivity (Wildman–Crippen MR) is 159 cm³/mol. The van der Waals surface area contributed by atoms with Crippen LogP contribution in [0.4, 0.5) is 8.78 Å². The van der Waals surface area contributed by atoms with Crippen LogP contribution in [0.15, 0.2) is 54.1 Å². The molecule has 5 aliphatic rings. The van der Waals surface area contributed by atoms with Gasteiger partial charge in [-0.2, -0.15) is 0 Å². The van der Waals surface area contributed by atoms with Gasteiger partial charge < -0.3 is 9.84 Å². The maximum Gasteiger partial charge on any atom is 0.303 e. The second-order valence-corrected chi connectivity index (χ2v) is 15.1. The summed E-state index contributed by atoms with van der Waals surface area (Å²) in [5.74, 6) is -2.53. The molecule has 6 nitrogen and oxygen atoms in total. The Balaban J connectivity index is 1.27. The Hall–Kier alpha value is -2.75. The number of Topliss-reactive ketones (excluding diaryl/α,β-unsaturated/α-hetero) is 1. The minimum Gasteiger partial charge on any atom is -0.458 e. The SMILES string of the molecule is CC(=O)OCC(=O)[C@@]12CN(Cc3cc4ccccc4s3)C[C@@H]1C[C@H]1[C@@H]3C[C@H](F)C4=CC(=O)C=C[C@]4(C)[C@@]3(F)[C@@H](O)C[C@@]12C. The summed E-state index contributed by atoms with van der Waals surface area (Å²) in [5.41, 5.74) is -5.42. The summed E-state index contributed by atoms with van der Waals surface area (Å²) in [6, 6.07) is 10.4. The van der Waals surface area contributed by atoms with E-state index in [2.05, 4.69) is 23.1 Å². The number of hydrogen-bond donors (Lipinski definition) is 1. The van der Waals surface area contributed by atoms with E-state index in [1.54, 1.807) is 18.3 Å². The fraction of sp³-hybridized carbons (Fsp3) is 0.559. The second-order valence-electron chi connectivity index (χ2n) is 13.9. The number of ketones is 2. The van der Waals surface area contributed by atoms with Crippen molar-refractivity contribution in [2.75, 3.05) is 19.7 Å². The molecule has 0 spiro atoms. The fourth-order valence-electron chi connectivity index (χ4n) is 10.1. The molecule has 0 amide bonds. The number of fused-ring (bicyclic) bond motifs is 8. The van der Waals surface area contributed by atoms with Gasteiger partial charge in [0, 0.05) is 47.5 Å². The number of halogens is 2. The number of aliphatic hydroxyl groups excluding tert-OH is 1. The smallest absolute Gasteiger partial charge is 0.303 e. The van der Waals surface area contributed by atoms with Crippen molar-refractivity contribution >= 4 is 39.0 Å². The third kappa shape index (κ3) is 3.83. The molecule has 7 rings (SSSR count). The van der Waals surface area contributed by atoms with E-state index < -0.39 is 46.1 Å². The number of ether oxygens (including phenoxy) is 1. The van der Waals surface area contributed by atoms with E-state index in [1.807, 2.05) is 19.1 Å². The number of rotatable bonds is 5. The van der Waals surface area contributed by atoms with Crippen LogP contribution in [-0.2, 0) is 25.7 Å². The van der Waals surface area contributed by atoms with Crippen molar-refractivity contribution in [3.63, 3.8) is 0 Å². The number of likely N-dealkylation sites (tertiary alicyclic amines) is 1. The molecule has 3 saturated carbocycles. The molecule has 4 aliphatic carbocycles. The summed E-state index contributed by atoms with van der Waals surface area (Å²) in [5, 5.41) is 13.0. The number of allylic oxidation sites excluding steroid dienone is 4. The zero-order valence-electron chi connectivity index (χ0n) is 24.6. The molecule has 0 radical (unpaired) electrons. The van der Waals surface area contributed by atoms with Crippen molar-refractivity contribution < 1.29 is 33.0 Å². The maximum absolute atomic E-state index is 17.7. The highest BCUT2D eigenvalue weighted by Gasteiger charge is 2.78. The van der Waals surface area contributed by atoms with Crippen molar-refractivity contribution in [2.45, 2.75) is 64.5 Å². The average Bonchev–Trinajstić information content (AvgIpc) is 3.60. The third-order valence-electron chi connectivity index (χ3n) is 12.0. The number of alkyl halides is 2. The first kappa shape index (κ1) is 29.0. The molecule has 1 N–H and O–H groups in total. The topological polar surface area (TPSA) is 83.9 Å². The summed E-state index contributed by atoms with van der Waals surface area (Å²) in [4.78, 5) is 41.7. The molecule has 9 heteroatoms. The normalized spacial score (nSPS) is 41.8. The van der Waals surface area contributed by atoms with Crippen LogP contribution in [0, 0.1) is 34.0 Å². The summed E-state index contributed by atoms with van der Waals surface area (Å²) in [6.07, 6.45) is 1.29. The lowest BCUT2D eigenvalue weighted by Crippen LogP contribution is -2.69. The first-order valence-corrected chi connectivity index (χ1v) is 16.0. The van der Waals surface area contributed by atoms with Crippen molar-refractivity contribution in [3.05, 3.63) is 59.0 Å². The first-order chi connectivity index (χ1) is 20.3. The summed E-state index contributed by atoms with van der Waals surface area (Å²) >= 11 is 1.72. The molecule has 1 aromatic heterocycles. The third-order valence-corrected chi connectivity index (χ3v) is 13.1. The van der Waals surface area contributed by atoms with E-state index in [0.29, 0.717) is 26.1 Å². The quantitative estimate of drug-likeness (QED) is 0.459. The highest BCUT2D eigenvalue weighted by molar-refractivity contribution is 7.19. The van der Waals surface area contributed by atoms with Crippen molar-refractivity contribution in [1.29, 1.82) is 0 Å². The van der Waals surface area contributed by atoms with E-state index in [-0.39, 0.29) is 48.4 Å². The number of aliphatic hydroxyl groups is 1. The Kier molecular flexibility index (Phi) is 6.49. The van der Waals surface area contributed by atoms with E-state index in [0.717, 1.165) is 0 Å². The van der Waals surface area contributed by atoms with Gasteiger partial charge in [-0.1, -0.05) is 31.2 Å². The van der Waals surface area contributed by atoms with Gasteiger partial charge in [-0.15, -0.1) is 11.3 Å². The van der Waals surface area contributed by atoms with E-state index in [9.17, 15) is 19.5 Å². The highest BCUT2D eigenvalue weighted by Crippen LogP contribution is 2.74. The molecule has 1 saturated heterocycles. The van der Waals surface area contributed by atoms with Gasteiger partial charge in [0.05, 0.1) is 11.5 Å². The molecule has 2 heterocycles. The monoisotopic (exact) mass is 609 g/mol. The summed E-state index contributed by atoms with van der Waals surface area (Å²) < 4.78 is 40.0. The van der Waals surface area contributed by atoms with Crippen LogP contribution in [-0.4, -0.2) is 65.2 Å². The van der Waals surface area contributed by atoms with Crippen LogP contribution in [0.3, 0.4) is 0 Å². The number of esters is 1. The van der Waals surface area contributed by atoms with Crippen LogP contribution in [0.1, 0.15) is 44.9 Å². The Morgan fingerprint density at radius 2 is 1.95 bits per heavy atom. The van der Waals surface area contributed by atoms with Gasteiger partial charge in [0.15, 0.2) is 23.8 Å². The Labute approximate surface area is 253 Å². The number of benzene rings is 1. The maximum atomic E-state index is 17.7. The van der Waals surface area contributed by atoms with Crippen molar-refractivity contribution in [1.82, 2.24) is 4.90 Å². The van der Waals surface area contributed by atoms with Gasteiger partial charge in [-0.25, -0.2) is 8.78 Å². The Morgan fingerprint density at radius 3 is 2.70 bits per heavy atom. The van der Waals surface area contributed by atoms with Crippen molar-refractivity contribution in [2.24, 2.45) is 34.0 Å². The largest absolute Gasteiger partial charge is 0.458 e. The molecule has 0 bridgehead atoms. The number of carbonyl (C=O) groups is 3. The van der Waals surface area contributed by atoms with E-state index >= 15 is 8.78 Å². The number of hydrogen-bond acceptors (Lipinski definition) is 7. The van der Waals surface area contributed by atoms with Crippen LogP contribution >= 0.6 is 11.3 Å². The van der Waals surface area contributed by atoms with E-state index in [4.69, 9.17) is 4.74 Å². The summed E-state index contributed by atoms with van der Waals surface area (Å²) in [6.45, 7) is 6.09. The molecule has 9 atom stereocenters. The van der Waals surface area contributed by atoms with Gasteiger partial charge >= 0.3 is 5.97 Å². The summed E-state index contributed by atoms with van der Waals surface area (Å²) in [7, 11) is 0. The van der Waals surface area contributed by atoms with Crippen LogP contribution in [0.5, 0.6) is 0 Å². The molecule has 228 valence electrons. The van der Waals surface area contributed by atoms with Crippen molar-refractivity contribution in [3.8, 4) is 0 Å². The van der Waals surface area contributed by atoms with Crippen LogP contribution in [0.2, 0.25) is 0 Å². The molecule has 4 fully saturated rings. The van der Waals surface area contributed by atoms with Crippen LogP contribution in [0.25, 0.3) is 10.1 Å². The average molecular weight is 610 g/mol. The molecule has 1 aliphatic heterocycles. The van der Waals surface area contributed by atoms with Gasteiger partial charge in [-0.05, 0) is 78.7 Å². The molecular formula is C34H37F2NO5S. The Bertz CT molecular complexity index is 1570. The van der Waals surface area contributed by atoms with Gasteiger partial charge in [0.1, 0.15) is 6.17 Å². The number of nitrogens with zero attached hydrogens (tertiary/aromatic N) is 1. The van der Waals surface area contributed by atoms with E-state index in [1.165, 1.54) is 40.1 Å². The highest BCUT2D eigenvalue weighted by atomic mass is 32.1. The number of carbonyl (C=O) groups excluding carboxylic acids is 3. The predicted octanol–water partition coefficient (Wildman–Crippen LogP) is 5.38. The lowest BCUT2D eigenvalue weighted by molar-refractivity contribution is -0.212. The molecule has 2 aromatic rings. The van der Waals surface area contributed by atoms with Crippen LogP contribution < -0.4 is 0 Å². The Morgan fingerprint density at radius 1 is 1.19 bits per heavy atom. The van der Waals surface area contributed by atoms with Gasteiger partial charge in [-0.3, -0.25) is 19.3 Å². The van der Waals surface area contributed by atoms with Gasteiger partial charge in [0.25, 0.3) is 0 Å². The zero-order chi connectivity index (χ0) is 30.5. The lowest BCUT2D eigenvalue weighted by Gasteiger charge is -2.63. The fourth-order valence-corrected chi connectivity index (χ4v) is 11.2. The molecule has 0 unspecified atom stereocenters.